The monoisotopic (exact) mass is 557 g/mol. The lowest BCUT2D eigenvalue weighted by molar-refractivity contribution is -0.384. The Labute approximate surface area is 229 Å². The molecule has 10 nitrogen and oxygen atoms in total. The van der Waals surface area contributed by atoms with Crippen molar-refractivity contribution in [1.82, 2.24) is 10.3 Å². The van der Waals surface area contributed by atoms with Gasteiger partial charge in [-0.15, -0.1) is 22.7 Å². The number of hydrogen-bond acceptors (Lipinski definition) is 9. The van der Waals surface area contributed by atoms with Crippen molar-refractivity contribution >= 4 is 51.7 Å². The Hall–Kier alpha value is -3.51. The molecule has 1 unspecified atom stereocenters. The summed E-state index contributed by atoms with van der Waals surface area (Å²) in [7, 11) is 0. The van der Waals surface area contributed by atoms with E-state index in [0.29, 0.717) is 24.7 Å². The fourth-order valence-electron chi connectivity index (χ4n) is 4.30. The van der Waals surface area contributed by atoms with Crippen LogP contribution >= 0.6 is 22.7 Å². The number of anilines is 2. The second-order valence-electron chi connectivity index (χ2n) is 10.1. The molecule has 202 valence electrons. The van der Waals surface area contributed by atoms with E-state index in [1.165, 1.54) is 23.5 Å². The Bertz CT molecular complexity index is 1290. The minimum absolute atomic E-state index is 0.100. The second-order valence-corrected chi connectivity index (χ2v) is 11.9. The number of nitro groups is 1. The van der Waals surface area contributed by atoms with Crippen molar-refractivity contribution in [2.45, 2.75) is 45.6 Å². The third-order valence-corrected chi connectivity index (χ3v) is 7.87. The van der Waals surface area contributed by atoms with Gasteiger partial charge >= 0.3 is 6.09 Å². The highest BCUT2D eigenvalue weighted by Crippen LogP contribution is 2.34. The van der Waals surface area contributed by atoms with Crippen molar-refractivity contribution in [1.29, 1.82) is 0 Å². The zero-order valence-corrected chi connectivity index (χ0v) is 23.2. The molecule has 0 saturated carbocycles. The van der Waals surface area contributed by atoms with Crippen LogP contribution in [0.2, 0.25) is 0 Å². The fraction of sp³-hybridized carbons (Fsp3) is 0.423. The van der Waals surface area contributed by atoms with Crippen LogP contribution < -0.4 is 15.5 Å². The molecule has 2 aromatic heterocycles. The zero-order valence-electron chi connectivity index (χ0n) is 21.6. The normalized spacial score (nSPS) is 15.7. The van der Waals surface area contributed by atoms with E-state index in [4.69, 9.17) is 4.74 Å². The number of nitro benzene ring substituents is 1. The van der Waals surface area contributed by atoms with Gasteiger partial charge in [0.25, 0.3) is 11.6 Å². The molecule has 1 aliphatic rings. The number of carbonyl (C=O) groups is 2. The van der Waals surface area contributed by atoms with E-state index in [-0.39, 0.29) is 11.4 Å². The molecule has 0 bridgehead atoms. The average molecular weight is 558 g/mol. The second kappa shape index (κ2) is 11.9. The maximum absolute atomic E-state index is 13.1. The number of alkyl carbamates (subject to hydrolysis) is 1. The van der Waals surface area contributed by atoms with Crippen LogP contribution in [0, 0.1) is 16.0 Å². The van der Waals surface area contributed by atoms with Crippen LogP contribution in [0.3, 0.4) is 0 Å². The molecule has 1 atom stereocenters. The van der Waals surface area contributed by atoms with Gasteiger partial charge in [0.05, 0.1) is 21.2 Å². The number of thiophene rings is 1. The Balaban J connectivity index is 1.45. The minimum Gasteiger partial charge on any atom is -0.444 e. The summed E-state index contributed by atoms with van der Waals surface area (Å²) in [4.78, 5) is 43.6. The van der Waals surface area contributed by atoms with Crippen LogP contribution in [0.15, 0.2) is 41.1 Å². The molecule has 1 fully saturated rings. The summed E-state index contributed by atoms with van der Waals surface area (Å²) in [6, 6.07) is 8.41. The number of nitrogens with zero attached hydrogens (tertiary/aromatic N) is 3. The summed E-state index contributed by atoms with van der Waals surface area (Å²) in [6.45, 7) is 7.43. The third kappa shape index (κ3) is 7.29. The molecule has 3 aromatic rings. The molecule has 4 rings (SSSR count). The molecule has 0 spiro atoms. The van der Waals surface area contributed by atoms with Gasteiger partial charge < -0.3 is 20.3 Å². The van der Waals surface area contributed by atoms with Gasteiger partial charge in [-0.2, -0.15) is 0 Å². The molecule has 1 aromatic carbocycles. The fourth-order valence-corrected chi connectivity index (χ4v) is 5.92. The number of hydrogen-bond donors (Lipinski definition) is 2. The number of thiazole rings is 1. The predicted octanol–water partition coefficient (Wildman–Crippen LogP) is 6.16. The Morgan fingerprint density at radius 2 is 2.08 bits per heavy atom. The van der Waals surface area contributed by atoms with Gasteiger partial charge in [0, 0.05) is 37.1 Å². The van der Waals surface area contributed by atoms with Crippen molar-refractivity contribution in [3.8, 4) is 9.88 Å². The molecule has 0 radical (unpaired) electrons. The van der Waals surface area contributed by atoms with E-state index in [9.17, 15) is 19.7 Å². The predicted molar refractivity (Wildman–Crippen MR) is 150 cm³/mol. The number of non-ortho nitro benzene ring substituents is 1. The van der Waals surface area contributed by atoms with Gasteiger partial charge in [-0.1, -0.05) is 6.07 Å². The number of rotatable bonds is 8. The van der Waals surface area contributed by atoms with Gasteiger partial charge in [-0.25, -0.2) is 9.78 Å². The summed E-state index contributed by atoms with van der Waals surface area (Å²) in [5, 5.41) is 21.5. The van der Waals surface area contributed by atoms with E-state index >= 15 is 0 Å². The zero-order chi connectivity index (χ0) is 27.3. The van der Waals surface area contributed by atoms with E-state index < -0.39 is 22.5 Å². The van der Waals surface area contributed by atoms with Crippen molar-refractivity contribution < 1.29 is 19.2 Å². The molecule has 2 amide bonds. The largest absolute Gasteiger partial charge is 0.444 e. The Morgan fingerprint density at radius 1 is 1.26 bits per heavy atom. The first-order valence-electron chi connectivity index (χ1n) is 12.4. The maximum atomic E-state index is 13.1. The number of amides is 2. The van der Waals surface area contributed by atoms with Gasteiger partial charge in [0.2, 0.25) is 0 Å². The van der Waals surface area contributed by atoms with Crippen LogP contribution in [0.25, 0.3) is 9.88 Å². The molecular weight excluding hydrogens is 526 g/mol. The lowest BCUT2D eigenvalue weighted by atomic mass is 9.94. The third-order valence-electron chi connectivity index (χ3n) is 5.99. The van der Waals surface area contributed by atoms with Gasteiger partial charge in [0.1, 0.15) is 16.3 Å². The summed E-state index contributed by atoms with van der Waals surface area (Å²) in [5.74, 6) is -0.106. The number of piperidine rings is 1. The highest BCUT2D eigenvalue weighted by atomic mass is 32.1. The highest BCUT2D eigenvalue weighted by Gasteiger charge is 2.25. The summed E-state index contributed by atoms with van der Waals surface area (Å²) in [6.07, 6.45) is 2.27. The Kier molecular flexibility index (Phi) is 8.62. The van der Waals surface area contributed by atoms with E-state index in [2.05, 4.69) is 20.5 Å². The molecule has 12 heteroatoms. The van der Waals surface area contributed by atoms with Crippen LogP contribution in [-0.4, -0.2) is 47.1 Å². The first-order valence-corrected chi connectivity index (χ1v) is 14.2. The molecule has 1 aliphatic heterocycles. The molecule has 38 heavy (non-hydrogen) atoms. The topological polar surface area (TPSA) is 127 Å². The van der Waals surface area contributed by atoms with Crippen LogP contribution in [0.1, 0.15) is 50.5 Å². The van der Waals surface area contributed by atoms with Gasteiger partial charge in [-0.05, 0) is 63.5 Å². The molecular formula is C26H31N5O5S2. The van der Waals surface area contributed by atoms with E-state index in [1.54, 1.807) is 22.8 Å². The number of benzene rings is 1. The van der Waals surface area contributed by atoms with E-state index in [1.807, 2.05) is 38.3 Å². The Morgan fingerprint density at radius 3 is 2.79 bits per heavy atom. The smallest absolute Gasteiger partial charge is 0.407 e. The van der Waals surface area contributed by atoms with Crippen LogP contribution in [0.4, 0.5) is 21.9 Å². The quantitative estimate of drug-likeness (QED) is 0.251. The lowest BCUT2D eigenvalue weighted by Crippen LogP contribution is -2.38. The summed E-state index contributed by atoms with van der Waals surface area (Å²) >= 11 is 2.93. The minimum atomic E-state index is -0.549. The first kappa shape index (κ1) is 27.5. The van der Waals surface area contributed by atoms with Crippen molar-refractivity contribution in [3.63, 3.8) is 0 Å². The van der Waals surface area contributed by atoms with Crippen molar-refractivity contribution in [3.05, 3.63) is 56.9 Å². The lowest BCUT2D eigenvalue weighted by Gasteiger charge is -2.35. The highest BCUT2D eigenvalue weighted by molar-refractivity contribution is 7.20. The molecule has 2 N–H and O–H groups in total. The van der Waals surface area contributed by atoms with Crippen molar-refractivity contribution in [2.75, 3.05) is 29.9 Å². The summed E-state index contributed by atoms with van der Waals surface area (Å²) < 4.78 is 5.30. The number of nitrogens with one attached hydrogen (secondary N) is 2. The molecule has 1 saturated heterocycles. The number of ether oxygens (including phenoxy) is 1. The first-order chi connectivity index (χ1) is 18.1. The van der Waals surface area contributed by atoms with E-state index in [0.717, 1.165) is 41.4 Å². The number of carbonyl (C=O) groups excluding carboxylic acids is 2. The van der Waals surface area contributed by atoms with Crippen LogP contribution in [0.5, 0.6) is 0 Å². The maximum Gasteiger partial charge on any atom is 0.407 e. The number of aromatic nitrogens is 1. The summed E-state index contributed by atoms with van der Waals surface area (Å²) in [5.41, 5.74) is 0.717. The average Bonchev–Trinajstić information content (AvgIpc) is 3.55. The van der Waals surface area contributed by atoms with Gasteiger partial charge in [-0.3, -0.25) is 14.9 Å². The molecule has 0 aliphatic carbocycles. The SMILES string of the molecule is CC(C)(C)OC(=O)NCCC1CCCN(c2ccc([N+](=O)[O-])cc2NC(=O)c2csc(-c3cccs3)n2)C1. The van der Waals surface area contributed by atoms with Crippen molar-refractivity contribution in [2.24, 2.45) is 5.92 Å². The van der Waals surface area contributed by atoms with Gasteiger partial charge in [0.15, 0.2) is 0 Å². The molecule has 3 heterocycles. The van der Waals surface area contributed by atoms with Crippen LogP contribution in [-0.2, 0) is 4.74 Å². The standard InChI is InChI=1S/C26H31N5O5S2/c1-26(2,3)36-25(33)27-11-10-17-6-4-12-30(15-17)21-9-8-18(31(34)35)14-19(21)28-23(32)20-16-38-24(29-20)22-7-5-13-37-22/h5,7-9,13-14,16-17H,4,6,10-12,15H2,1-3H3,(H,27,33)(H,28,32).